The molecule has 0 saturated heterocycles. The predicted molar refractivity (Wildman–Crippen MR) is 100 cm³/mol. The molecule has 0 unspecified atom stereocenters. The van der Waals surface area contributed by atoms with Gasteiger partial charge in [0.05, 0.1) is 17.3 Å². The summed E-state index contributed by atoms with van der Waals surface area (Å²) in [4.78, 5) is 4.46. The SMILES string of the molecule is CC(C)Cc1c(C#N)ccc2c1oc1c(-c3ccccn3)cccc12. The maximum absolute atomic E-state index is 9.50. The molecule has 2 heterocycles. The molecule has 0 N–H and O–H groups in total. The van der Waals surface area contributed by atoms with E-state index < -0.39 is 0 Å². The van der Waals surface area contributed by atoms with Crippen molar-refractivity contribution >= 4 is 21.9 Å². The number of rotatable bonds is 3. The van der Waals surface area contributed by atoms with Crippen molar-refractivity contribution in [2.45, 2.75) is 20.3 Å². The van der Waals surface area contributed by atoms with Crippen LogP contribution in [0.15, 0.2) is 59.1 Å². The summed E-state index contributed by atoms with van der Waals surface area (Å²) in [6.45, 7) is 4.31. The Kier molecular flexibility index (Phi) is 3.74. The first-order valence-corrected chi connectivity index (χ1v) is 8.47. The van der Waals surface area contributed by atoms with Crippen molar-refractivity contribution in [2.75, 3.05) is 0 Å². The Morgan fingerprint density at radius 3 is 2.56 bits per heavy atom. The largest absolute Gasteiger partial charge is 0.455 e. The molecule has 0 saturated carbocycles. The van der Waals surface area contributed by atoms with E-state index in [4.69, 9.17) is 4.42 Å². The summed E-state index contributed by atoms with van der Waals surface area (Å²) in [6.07, 6.45) is 2.60. The van der Waals surface area contributed by atoms with Gasteiger partial charge >= 0.3 is 0 Å². The Bertz CT molecular complexity index is 1100. The van der Waals surface area contributed by atoms with Crippen LogP contribution < -0.4 is 0 Å². The molecule has 0 atom stereocenters. The van der Waals surface area contributed by atoms with E-state index in [0.717, 1.165) is 45.2 Å². The van der Waals surface area contributed by atoms with Gasteiger partial charge in [-0.15, -0.1) is 0 Å². The van der Waals surface area contributed by atoms with Gasteiger partial charge in [0.25, 0.3) is 0 Å². The van der Waals surface area contributed by atoms with Crippen LogP contribution in [0, 0.1) is 17.2 Å². The number of nitrogens with zero attached hydrogens (tertiary/aromatic N) is 2. The first-order chi connectivity index (χ1) is 12.2. The smallest absolute Gasteiger partial charge is 0.144 e. The van der Waals surface area contributed by atoms with Crippen LogP contribution in [0.4, 0.5) is 0 Å². The van der Waals surface area contributed by atoms with E-state index >= 15 is 0 Å². The average Bonchev–Trinajstić information content (AvgIpc) is 3.01. The molecule has 0 radical (unpaired) electrons. The number of hydrogen-bond acceptors (Lipinski definition) is 3. The summed E-state index contributed by atoms with van der Waals surface area (Å²) in [7, 11) is 0. The Labute approximate surface area is 146 Å². The van der Waals surface area contributed by atoms with E-state index in [9.17, 15) is 5.26 Å². The minimum Gasteiger partial charge on any atom is -0.455 e. The Morgan fingerprint density at radius 1 is 1.00 bits per heavy atom. The second-order valence-corrected chi connectivity index (χ2v) is 6.68. The number of nitriles is 1. The molecule has 0 aliphatic heterocycles. The number of hydrogen-bond donors (Lipinski definition) is 0. The molecule has 4 aromatic rings. The van der Waals surface area contributed by atoms with Gasteiger partial charge in [0.15, 0.2) is 0 Å². The molecule has 0 fully saturated rings. The minimum atomic E-state index is 0.446. The standard InChI is InChI=1S/C22H18N2O/c1-14(2)12-19-15(13-23)9-10-17-16-6-5-7-18(21(16)25-22(17)19)20-8-3-4-11-24-20/h3-11,14H,12H2,1-2H3. The minimum absolute atomic E-state index is 0.446. The zero-order valence-corrected chi connectivity index (χ0v) is 14.3. The highest BCUT2D eigenvalue weighted by Crippen LogP contribution is 2.37. The number of aromatic nitrogens is 1. The summed E-state index contributed by atoms with van der Waals surface area (Å²) in [6, 6.07) is 18.2. The lowest BCUT2D eigenvalue weighted by Gasteiger charge is -2.07. The second-order valence-electron chi connectivity index (χ2n) is 6.68. The van der Waals surface area contributed by atoms with Crippen LogP contribution in [-0.2, 0) is 6.42 Å². The zero-order valence-electron chi connectivity index (χ0n) is 14.3. The first kappa shape index (κ1) is 15.4. The molecule has 3 heteroatoms. The van der Waals surface area contributed by atoms with E-state index in [1.165, 1.54) is 0 Å². The third-order valence-electron chi connectivity index (χ3n) is 4.44. The predicted octanol–water partition coefficient (Wildman–Crippen LogP) is 5.72. The zero-order chi connectivity index (χ0) is 17.4. The van der Waals surface area contributed by atoms with Gasteiger partial charge in [-0.2, -0.15) is 5.26 Å². The van der Waals surface area contributed by atoms with Crippen LogP contribution in [0.3, 0.4) is 0 Å². The lowest BCUT2D eigenvalue weighted by molar-refractivity contribution is 0.623. The van der Waals surface area contributed by atoms with Gasteiger partial charge in [-0.1, -0.05) is 32.0 Å². The van der Waals surface area contributed by atoms with Crippen LogP contribution in [0.25, 0.3) is 33.2 Å². The van der Waals surface area contributed by atoms with Crippen molar-refractivity contribution in [2.24, 2.45) is 5.92 Å². The van der Waals surface area contributed by atoms with Crippen molar-refractivity contribution in [3.8, 4) is 17.3 Å². The van der Waals surface area contributed by atoms with Crippen LogP contribution in [0.2, 0.25) is 0 Å². The fourth-order valence-corrected chi connectivity index (χ4v) is 3.36. The average molecular weight is 326 g/mol. The quantitative estimate of drug-likeness (QED) is 0.484. The van der Waals surface area contributed by atoms with Gasteiger partial charge in [-0.05, 0) is 42.7 Å². The number of furan rings is 1. The van der Waals surface area contributed by atoms with Gasteiger partial charge in [0, 0.05) is 28.1 Å². The molecule has 0 bridgehead atoms. The van der Waals surface area contributed by atoms with Crippen LogP contribution >= 0.6 is 0 Å². The molecule has 3 nitrogen and oxygen atoms in total. The second kappa shape index (κ2) is 6.07. The number of benzene rings is 2. The molecule has 122 valence electrons. The third-order valence-corrected chi connectivity index (χ3v) is 4.44. The maximum atomic E-state index is 9.50. The first-order valence-electron chi connectivity index (χ1n) is 8.47. The highest BCUT2D eigenvalue weighted by molar-refractivity contribution is 6.10. The van der Waals surface area contributed by atoms with Gasteiger partial charge in [-0.3, -0.25) is 4.98 Å². The Morgan fingerprint density at radius 2 is 1.84 bits per heavy atom. The summed E-state index contributed by atoms with van der Waals surface area (Å²) < 4.78 is 6.32. The topological polar surface area (TPSA) is 49.8 Å². The molecule has 0 aliphatic carbocycles. The van der Waals surface area contributed by atoms with Gasteiger partial charge in [-0.25, -0.2) is 0 Å². The molecule has 25 heavy (non-hydrogen) atoms. The highest BCUT2D eigenvalue weighted by atomic mass is 16.3. The van der Waals surface area contributed by atoms with Gasteiger partial charge in [0.1, 0.15) is 11.2 Å². The van der Waals surface area contributed by atoms with E-state index in [1.54, 1.807) is 6.20 Å². The monoisotopic (exact) mass is 326 g/mol. The molecule has 2 aromatic heterocycles. The lowest BCUT2D eigenvalue weighted by Crippen LogP contribution is -1.97. The molecule has 0 aliphatic rings. The number of pyridine rings is 1. The Balaban J connectivity index is 2.06. The van der Waals surface area contributed by atoms with Crippen LogP contribution in [0.1, 0.15) is 25.0 Å². The molecule has 2 aromatic carbocycles. The lowest BCUT2D eigenvalue weighted by atomic mass is 9.96. The number of para-hydroxylation sites is 1. The van der Waals surface area contributed by atoms with Gasteiger partial charge in [0.2, 0.25) is 0 Å². The third kappa shape index (κ3) is 2.56. The molecule has 0 amide bonds. The van der Waals surface area contributed by atoms with E-state index in [0.29, 0.717) is 11.5 Å². The highest BCUT2D eigenvalue weighted by Gasteiger charge is 2.18. The molecular formula is C22H18N2O. The van der Waals surface area contributed by atoms with Crippen molar-refractivity contribution in [3.05, 3.63) is 65.9 Å². The van der Waals surface area contributed by atoms with Crippen LogP contribution in [-0.4, -0.2) is 4.98 Å². The van der Waals surface area contributed by atoms with Crippen molar-refractivity contribution in [1.29, 1.82) is 5.26 Å². The summed E-state index contributed by atoms with van der Waals surface area (Å²) in [5, 5.41) is 11.6. The molecule has 4 rings (SSSR count). The van der Waals surface area contributed by atoms with Gasteiger partial charge < -0.3 is 4.42 Å². The summed E-state index contributed by atoms with van der Waals surface area (Å²) in [5.74, 6) is 0.446. The summed E-state index contributed by atoms with van der Waals surface area (Å²) in [5.41, 5.74) is 5.21. The number of fused-ring (bicyclic) bond motifs is 3. The maximum Gasteiger partial charge on any atom is 0.144 e. The molecule has 0 spiro atoms. The summed E-state index contributed by atoms with van der Waals surface area (Å²) >= 11 is 0. The van der Waals surface area contributed by atoms with Crippen molar-refractivity contribution in [1.82, 2.24) is 4.98 Å². The fourth-order valence-electron chi connectivity index (χ4n) is 3.36. The fraction of sp³-hybridized carbons (Fsp3) is 0.182. The van der Waals surface area contributed by atoms with E-state index in [-0.39, 0.29) is 0 Å². The molecular weight excluding hydrogens is 308 g/mol. The normalized spacial score (nSPS) is 11.3. The van der Waals surface area contributed by atoms with Crippen LogP contribution in [0.5, 0.6) is 0 Å². The van der Waals surface area contributed by atoms with E-state index in [1.807, 2.05) is 42.5 Å². The van der Waals surface area contributed by atoms with Crippen molar-refractivity contribution in [3.63, 3.8) is 0 Å². The van der Waals surface area contributed by atoms with Crippen molar-refractivity contribution < 1.29 is 4.42 Å². The Hall–Kier alpha value is -3.12. The van der Waals surface area contributed by atoms with E-state index in [2.05, 4.69) is 31.0 Å².